The molecule has 0 aliphatic rings. The van der Waals surface area contributed by atoms with Crippen LogP contribution in [0.25, 0.3) is 0 Å². The summed E-state index contributed by atoms with van der Waals surface area (Å²) >= 11 is 5.44. The molecule has 0 radical (unpaired) electrons. The van der Waals surface area contributed by atoms with E-state index in [1.54, 1.807) is 0 Å². The standard InChI is InChI=1S/C11H12ClFO6S2/c1-2-20(16,17)3-4-21(18,19)7-5-8(11(14)15)10(12)9(13)6-7/h5-6H,2-4H2,1H3,(H,14,15). The summed E-state index contributed by atoms with van der Waals surface area (Å²) in [5.41, 5.74) is -0.700. The van der Waals surface area contributed by atoms with E-state index in [-0.39, 0.29) is 5.75 Å². The number of sulfone groups is 2. The zero-order valence-electron chi connectivity index (χ0n) is 10.8. The Bertz CT molecular complexity index is 770. The van der Waals surface area contributed by atoms with Crippen LogP contribution in [0, 0.1) is 5.82 Å². The molecule has 0 aromatic heterocycles. The first-order valence-electron chi connectivity index (χ1n) is 5.65. The van der Waals surface area contributed by atoms with Crippen molar-refractivity contribution in [3.8, 4) is 0 Å². The number of carboxylic acids is 1. The first-order valence-corrected chi connectivity index (χ1v) is 9.51. The first kappa shape index (κ1) is 17.9. The van der Waals surface area contributed by atoms with E-state index in [0.717, 1.165) is 0 Å². The molecular weight excluding hydrogens is 347 g/mol. The molecule has 1 N–H and O–H groups in total. The number of rotatable bonds is 6. The molecule has 0 heterocycles. The molecule has 0 spiro atoms. The smallest absolute Gasteiger partial charge is 0.337 e. The summed E-state index contributed by atoms with van der Waals surface area (Å²) in [6.45, 7) is 1.37. The van der Waals surface area contributed by atoms with Crippen LogP contribution in [0.3, 0.4) is 0 Å². The van der Waals surface area contributed by atoms with E-state index < -0.39 is 58.4 Å². The lowest BCUT2D eigenvalue weighted by Crippen LogP contribution is -2.19. The van der Waals surface area contributed by atoms with Crippen LogP contribution in [0.1, 0.15) is 17.3 Å². The number of carbonyl (C=O) groups is 1. The second-order valence-electron chi connectivity index (χ2n) is 4.13. The van der Waals surface area contributed by atoms with Gasteiger partial charge in [0.05, 0.1) is 27.0 Å². The minimum atomic E-state index is -4.14. The maximum Gasteiger partial charge on any atom is 0.337 e. The zero-order valence-corrected chi connectivity index (χ0v) is 13.2. The number of hydrogen-bond donors (Lipinski definition) is 1. The second-order valence-corrected chi connectivity index (χ2v) is 9.09. The van der Waals surface area contributed by atoms with Crippen LogP contribution >= 0.6 is 11.6 Å². The van der Waals surface area contributed by atoms with Crippen molar-refractivity contribution >= 4 is 37.2 Å². The van der Waals surface area contributed by atoms with Crippen LogP contribution in [0.2, 0.25) is 5.02 Å². The molecule has 0 saturated heterocycles. The van der Waals surface area contributed by atoms with Gasteiger partial charge in [-0.15, -0.1) is 0 Å². The van der Waals surface area contributed by atoms with Crippen LogP contribution in [-0.2, 0) is 19.7 Å². The van der Waals surface area contributed by atoms with Gasteiger partial charge in [-0.05, 0) is 12.1 Å². The fraction of sp³-hybridized carbons (Fsp3) is 0.364. The highest BCUT2D eigenvalue weighted by Gasteiger charge is 2.23. The van der Waals surface area contributed by atoms with Gasteiger partial charge < -0.3 is 5.11 Å². The highest BCUT2D eigenvalue weighted by molar-refractivity contribution is 7.95. The van der Waals surface area contributed by atoms with Crippen molar-refractivity contribution in [1.29, 1.82) is 0 Å². The summed E-state index contributed by atoms with van der Waals surface area (Å²) in [6.07, 6.45) is 0. The van der Waals surface area contributed by atoms with E-state index in [1.165, 1.54) is 6.92 Å². The lowest BCUT2D eigenvalue weighted by Gasteiger charge is -2.08. The van der Waals surface area contributed by atoms with Crippen molar-refractivity contribution in [2.75, 3.05) is 17.3 Å². The van der Waals surface area contributed by atoms with E-state index >= 15 is 0 Å². The topological polar surface area (TPSA) is 106 Å². The number of halogens is 2. The van der Waals surface area contributed by atoms with Crippen molar-refractivity contribution in [2.45, 2.75) is 11.8 Å². The fourth-order valence-corrected chi connectivity index (χ4v) is 4.59. The van der Waals surface area contributed by atoms with Gasteiger partial charge in [0.15, 0.2) is 19.7 Å². The van der Waals surface area contributed by atoms with Crippen LogP contribution in [0.5, 0.6) is 0 Å². The molecule has 1 aromatic carbocycles. The van der Waals surface area contributed by atoms with Crippen molar-refractivity contribution in [1.82, 2.24) is 0 Å². The van der Waals surface area contributed by atoms with Gasteiger partial charge in [0.1, 0.15) is 5.82 Å². The Morgan fingerprint density at radius 3 is 2.29 bits per heavy atom. The third-order valence-corrected chi connectivity index (χ3v) is 6.74. The molecular formula is C11H12ClFO6S2. The van der Waals surface area contributed by atoms with Gasteiger partial charge >= 0.3 is 5.97 Å². The minimum absolute atomic E-state index is 0.224. The van der Waals surface area contributed by atoms with E-state index in [1.807, 2.05) is 0 Å². The summed E-state index contributed by atoms with van der Waals surface area (Å²) in [6, 6.07) is 1.28. The fourth-order valence-electron chi connectivity index (χ4n) is 1.40. The van der Waals surface area contributed by atoms with Gasteiger partial charge in [0.25, 0.3) is 0 Å². The summed E-state index contributed by atoms with van der Waals surface area (Å²) in [5.74, 6) is -4.40. The predicted molar refractivity (Wildman–Crippen MR) is 74.7 cm³/mol. The van der Waals surface area contributed by atoms with Gasteiger partial charge in [-0.25, -0.2) is 26.0 Å². The van der Waals surface area contributed by atoms with E-state index in [9.17, 15) is 26.0 Å². The Morgan fingerprint density at radius 1 is 1.24 bits per heavy atom. The molecule has 10 heteroatoms. The van der Waals surface area contributed by atoms with Crippen LogP contribution < -0.4 is 0 Å². The van der Waals surface area contributed by atoms with Gasteiger partial charge in [0.2, 0.25) is 0 Å². The molecule has 118 valence electrons. The van der Waals surface area contributed by atoms with Crippen LogP contribution in [0.15, 0.2) is 17.0 Å². The molecule has 1 aromatic rings. The highest BCUT2D eigenvalue weighted by Crippen LogP contribution is 2.25. The molecule has 0 bridgehead atoms. The van der Waals surface area contributed by atoms with Gasteiger partial charge in [-0.1, -0.05) is 18.5 Å². The summed E-state index contributed by atoms with van der Waals surface area (Å²) in [5, 5.41) is 8.13. The van der Waals surface area contributed by atoms with E-state index in [2.05, 4.69) is 0 Å². The van der Waals surface area contributed by atoms with Crippen molar-refractivity contribution in [3.63, 3.8) is 0 Å². The number of carboxylic acid groups (broad SMARTS) is 1. The molecule has 21 heavy (non-hydrogen) atoms. The Hall–Kier alpha value is -1.19. The Morgan fingerprint density at radius 2 is 1.81 bits per heavy atom. The SMILES string of the molecule is CCS(=O)(=O)CCS(=O)(=O)c1cc(F)c(Cl)c(C(=O)O)c1. The Kier molecular flexibility index (Phi) is 5.35. The lowest BCUT2D eigenvalue weighted by molar-refractivity contribution is 0.0696. The molecule has 0 unspecified atom stereocenters. The zero-order chi connectivity index (χ0) is 16.4. The number of aromatic carboxylic acids is 1. The maximum atomic E-state index is 13.5. The Balaban J connectivity index is 3.24. The van der Waals surface area contributed by atoms with Gasteiger partial charge in [0, 0.05) is 5.75 Å². The average molecular weight is 359 g/mol. The number of hydrogen-bond acceptors (Lipinski definition) is 5. The third kappa shape index (κ3) is 4.39. The maximum absolute atomic E-state index is 13.5. The summed E-state index contributed by atoms with van der Waals surface area (Å²) < 4.78 is 60.1. The summed E-state index contributed by atoms with van der Waals surface area (Å²) in [7, 11) is -7.66. The van der Waals surface area contributed by atoms with Crippen LogP contribution in [0.4, 0.5) is 4.39 Å². The number of benzene rings is 1. The molecule has 0 atom stereocenters. The van der Waals surface area contributed by atoms with Crippen molar-refractivity contribution in [2.24, 2.45) is 0 Å². The minimum Gasteiger partial charge on any atom is -0.478 e. The molecule has 6 nitrogen and oxygen atoms in total. The molecule has 1 rings (SSSR count). The first-order chi connectivity index (χ1) is 9.50. The molecule has 0 fully saturated rings. The van der Waals surface area contributed by atoms with E-state index in [0.29, 0.717) is 12.1 Å². The van der Waals surface area contributed by atoms with Gasteiger partial charge in [-0.3, -0.25) is 0 Å². The normalized spacial score (nSPS) is 12.3. The lowest BCUT2D eigenvalue weighted by atomic mass is 10.2. The summed E-state index contributed by atoms with van der Waals surface area (Å²) in [4.78, 5) is 10.3. The molecule has 0 amide bonds. The average Bonchev–Trinajstić information content (AvgIpc) is 2.39. The second kappa shape index (κ2) is 6.29. The monoisotopic (exact) mass is 358 g/mol. The molecule has 0 aliphatic heterocycles. The van der Waals surface area contributed by atoms with Crippen molar-refractivity contribution in [3.05, 3.63) is 28.5 Å². The molecule has 0 saturated carbocycles. The predicted octanol–water partition coefficient (Wildman–Crippen LogP) is 1.39. The van der Waals surface area contributed by atoms with E-state index in [4.69, 9.17) is 16.7 Å². The quantitative estimate of drug-likeness (QED) is 0.823. The third-order valence-electron chi connectivity index (χ3n) is 2.69. The molecule has 0 aliphatic carbocycles. The highest BCUT2D eigenvalue weighted by atomic mass is 35.5. The largest absolute Gasteiger partial charge is 0.478 e. The van der Waals surface area contributed by atoms with Gasteiger partial charge in [-0.2, -0.15) is 0 Å². The van der Waals surface area contributed by atoms with Crippen molar-refractivity contribution < 1.29 is 31.1 Å². The van der Waals surface area contributed by atoms with Crippen LogP contribution in [-0.4, -0.2) is 45.2 Å². The Labute approximate surface area is 126 Å².